The maximum absolute atomic E-state index is 13.5. The smallest absolute Gasteiger partial charge is 0.333 e. The summed E-state index contributed by atoms with van der Waals surface area (Å²) in [4.78, 5) is 25.9. The van der Waals surface area contributed by atoms with E-state index < -0.39 is 17.9 Å². The number of aliphatic carboxylic acids is 1. The highest BCUT2D eigenvalue weighted by atomic mass is 19.1. The van der Waals surface area contributed by atoms with Gasteiger partial charge in [-0.3, -0.25) is 0 Å². The number of nitrogens with one attached hydrogen (secondary N) is 1. The Hall–Kier alpha value is -3.13. The molecule has 3 rings (SSSR count). The van der Waals surface area contributed by atoms with Crippen LogP contribution in [0.15, 0.2) is 48.5 Å². The molecular formula is C27H35FN2O5. The van der Waals surface area contributed by atoms with Gasteiger partial charge in [-0.2, -0.15) is 0 Å². The van der Waals surface area contributed by atoms with E-state index in [9.17, 15) is 19.1 Å². The third-order valence-corrected chi connectivity index (χ3v) is 6.26. The first-order chi connectivity index (χ1) is 16.9. The number of hydrogen-bond donors (Lipinski definition) is 2. The van der Waals surface area contributed by atoms with E-state index in [0.29, 0.717) is 43.7 Å². The fourth-order valence-electron chi connectivity index (χ4n) is 4.35. The third kappa shape index (κ3) is 8.87. The molecule has 0 saturated heterocycles. The summed E-state index contributed by atoms with van der Waals surface area (Å²) in [5.74, 6) is -0.109. The Balaban J connectivity index is 1.53. The SMILES string of the molecule is CCOC(Cc1ccc(OCCN(CCC2CCCC2)C(=O)Nc2cccc(F)c2)cc1)C(=O)O. The number of rotatable bonds is 13. The largest absolute Gasteiger partial charge is 0.492 e. The molecule has 0 aromatic heterocycles. The number of anilines is 1. The molecule has 1 aliphatic rings. The molecule has 2 amide bonds. The predicted molar refractivity (Wildman–Crippen MR) is 132 cm³/mol. The Morgan fingerprint density at radius 3 is 2.54 bits per heavy atom. The van der Waals surface area contributed by atoms with E-state index in [4.69, 9.17) is 9.47 Å². The minimum atomic E-state index is -0.985. The fourth-order valence-corrected chi connectivity index (χ4v) is 4.35. The second-order valence-corrected chi connectivity index (χ2v) is 8.85. The van der Waals surface area contributed by atoms with Crippen LogP contribution in [0, 0.1) is 11.7 Å². The normalized spacial score (nSPS) is 14.5. The molecule has 35 heavy (non-hydrogen) atoms. The van der Waals surface area contributed by atoms with Gasteiger partial charge in [-0.15, -0.1) is 0 Å². The number of amides is 2. The molecule has 0 aliphatic heterocycles. The average molecular weight is 487 g/mol. The van der Waals surface area contributed by atoms with Crippen molar-refractivity contribution in [2.45, 2.75) is 51.6 Å². The summed E-state index contributed by atoms with van der Waals surface area (Å²) >= 11 is 0. The van der Waals surface area contributed by atoms with Crippen LogP contribution in [0.3, 0.4) is 0 Å². The molecule has 0 spiro atoms. The summed E-state index contributed by atoms with van der Waals surface area (Å²) in [7, 11) is 0. The lowest BCUT2D eigenvalue weighted by Crippen LogP contribution is -2.39. The lowest BCUT2D eigenvalue weighted by molar-refractivity contribution is -0.149. The molecule has 0 bridgehead atoms. The zero-order valence-electron chi connectivity index (χ0n) is 20.2. The van der Waals surface area contributed by atoms with Crippen LogP contribution in [0.2, 0.25) is 0 Å². The van der Waals surface area contributed by atoms with E-state index >= 15 is 0 Å². The van der Waals surface area contributed by atoms with Gasteiger partial charge in [0.2, 0.25) is 0 Å². The number of ether oxygens (including phenoxy) is 2. The van der Waals surface area contributed by atoms with Crippen molar-refractivity contribution < 1.29 is 28.6 Å². The fraction of sp³-hybridized carbons (Fsp3) is 0.481. The summed E-state index contributed by atoms with van der Waals surface area (Å²) in [5.41, 5.74) is 1.26. The summed E-state index contributed by atoms with van der Waals surface area (Å²) < 4.78 is 24.6. The highest BCUT2D eigenvalue weighted by Gasteiger charge is 2.20. The maximum atomic E-state index is 13.5. The van der Waals surface area contributed by atoms with Crippen molar-refractivity contribution in [3.05, 3.63) is 59.9 Å². The monoisotopic (exact) mass is 486 g/mol. The minimum absolute atomic E-state index is 0.275. The Labute approximate surface area is 206 Å². The summed E-state index contributed by atoms with van der Waals surface area (Å²) in [6, 6.07) is 12.8. The van der Waals surface area contributed by atoms with Gasteiger partial charge in [0.15, 0.2) is 6.10 Å². The first-order valence-corrected chi connectivity index (χ1v) is 12.3. The molecule has 0 heterocycles. The van der Waals surface area contributed by atoms with Crippen LogP contribution in [0.1, 0.15) is 44.6 Å². The zero-order chi connectivity index (χ0) is 25.0. The number of carboxylic acids is 1. The summed E-state index contributed by atoms with van der Waals surface area (Å²) in [5, 5.41) is 12.0. The van der Waals surface area contributed by atoms with E-state index in [1.54, 1.807) is 36.1 Å². The van der Waals surface area contributed by atoms with Gasteiger partial charge in [-0.25, -0.2) is 14.0 Å². The van der Waals surface area contributed by atoms with Gasteiger partial charge < -0.3 is 24.8 Å². The molecule has 7 nitrogen and oxygen atoms in total. The van der Waals surface area contributed by atoms with Crippen LogP contribution in [-0.2, 0) is 16.0 Å². The van der Waals surface area contributed by atoms with E-state index in [2.05, 4.69) is 5.32 Å². The number of nitrogens with zero attached hydrogens (tertiary/aromatic N) is 1. The van der Waals surface area contributed by atoms with Crippen molar-refractivity contribution in [3.63, 3.8) is 0 Å². The van der Waals surface area contributed by atoms with E-state index in [1.165, 1.54) is 37.8 Å². The Kier molecular flexibility index (Phi) is 10.3. The first kappa shape index (κ1) is 26.5. The lowest BCUT2D eigenvalue weighted by Gasteiger charge is -2.24. The summed E-state index contributed by atoms with van der Waals surface area (Å²) in [6.07, 6.45) is 5.24. The van der Waals surface area contributed by atoms with Crippen LogP contribution in [0.4, 0.5) is 14.9 Å². The number of carboxylic acid groups (broad SMARTS) is 1. The van der Waals surface area contributed by atoms with Crippen molar-refractivity contribution in [1.82, 2.24) is 4.90 Å². The van der Waals surface area contributed by atoms with Crippen LogP contribution in [-0.4, -0.2) is 54.4 Å². The van der Waals surface area contributed by atoms with Gasteiger partial charge in [-0.05, 0) is 55.2 Å². The molecule has 2 aromatic rings. The third-order valence-electron chi connectivity index (χ3n) is 6.26. The zero-order valence-corrected chi connectivity index (χ0v) is 20.2. The predicted octanol–water partition coefficient (Wildman–Crippen LogP) is 5.35. The van der Waals surface area contributed by atoms with Gasteiger partial charge in [0.05, 0.1) is 6.54 Å². The molecule has 1 fully saturated rings. The lowest BCUT2D eigenvalue weighted by atomic mass is 10.0. The van der Waals surface area contributed by atoms with E-state index in [1.807, 2.05) is 12.1 Å². The quantitative estimate of drug-likeness (QED) is 0.398. The van der Waals surface area contributed by atoms with Crippen LogP contribution < -0.4 is 10.1 Å². The Morgan fingerprint density at radius 2 is 1.89 bits per heavy atom. The van der Waals surface area contributed by atoms with Gasteiger partial charge in [-0.1, -0.05) is 43.9 Å². The standard InChI is InChI=1S/C27H35FN2O5/c1-2-34-25(26(31)32)18-21-10-12-24(13-11-21)35-17-16-30(15-14-20-6-3-4-7-20)27(33)29-23-9-5-8-22(28)19-23/h5,8-13,19-20,25H,2-4,6-7,14-18H2,1H3,(H,29,33)(H,31,32). The molecule has 2 aromatic carbocycles. The van der Waals surface area contributed by atoms with Crippen LogP contribution in [0.25, 0.3) is 0 Å². The number of urea groups is 1. The average Bonchev–Trinajstić information content (AvgIpc) is 3.35. The van der Waals surface area contributed by atoms with Crippen molar-refractivity contribution >= 4 is 17.7 Å². The van der Waals surface area contributed by atoms with Crippen molar-refractivity contribution in [1.29, 1.82) is 0 Å². The van der Waals surface area contributed by atoms with E-state index in [-0.39, 0.29) is 12.5 Å². The molecule has 8 heteroatoms. The molecule has 2 N–H and O–H groups in total. The molecule has 0 radical (unpaired) electrons. The van der Waals surface area contributed by atoms with Crippen molar-refractivity contribution in [2.75, 3.05) is 31.6 Å². The van der Waals surface area contributed by atoms with Gasteiger partial charge in [0, 0.05) is 25.3 Å². The number of hydrogen-bond acceptors (Lipinski definition) is 4. The van der Waals surface area contributed by atoms with Gasteiger partial charge in [0.1, 0.15) is 18.2 Å². The Bertz CT molecular complexity index is 947. The van der Waals surface area contributed by atoms with Crippen LogP contribution in [0.5, 0.6) is 5.75 Å². The topological polar surface area (TPSA) is 88.1 Å². The second-order valence-electron chi connectivity index (χ2n) is 8.85. The second kappa shape index (κ2) is 13.7. The van der Waals surface area contributed by atoms with Crippen molar-refractivity contribution in [2.24, 2.45) is 5.92 Å². The molecule has 1 unspecified atom stereocenters. The molecule has 1 aliphatic carbocycles. The van der Waals surface area contributed by atoms with Crippen LogP contribution >= 0.6 is 0 Å². The first-order valence-electron chi connectivity index (χ1n) is 12.3. The van der Waals surface area contributed by atoms with Crippen molar-refractivity contribution in [3.8, 4) is 5.75 Å². The minimum Gasteiger partial charge on any atom is -0.492 e. The van der Waals surface area contributed by atoms with Gasteiger partial charge >= 0.3 is 12.0 Å². The van der Waals surface area contributed by atoms with E-state index in [0.717, 1.165) is 12.0 Å². The molecule has 1 saturated carbocycles. The number of halogens is 1. The highest BCUT2D eigenvalue weighted by Crippen LogP contribution is 2.27. The molecule has 1 atom stereocenters. The summed E-state index contributed by atoms with van der Waals surface area (Å²) in [6.45, 7) is 3.41. The Morgan fingerprint density at radius 1 is 1.14 bits per heavy atom. The number of carbonyl (C=O) groups excluding carboxylic acids is 1. The number of benzene rings is 2. The maximum Gasteiger partial charge on any atom is 0.333 e. The highest BCUT2D eigenvalue weighted by molar-refractivity contribution is 5.89. The molecular weight excluding hydrogens is 451 g/mol. The number of carbonyl (C=O) groups is 2. The van der Waals surface area contributed by atoms with Gasteiger partial charge in [0.25, 0.3) is 0 Å². The molecule has 190 valence electrons.